The average Bonchev–Trinajstić information content (AvgIpc) is 3.49. The average molecular weight is 501 g/mol. The van der Waals surface area contributed by atoms with Crippen molar-refractivity contribution in [2.24, 2.45) is 0 Å². The third-order valence-corrected chi connectivity index (χ3v) is 6.47. The Morgan fingerprint density at radius 3 is 1.15 bits per heavy atom. The lowest BCUT2D eigenvalue weighted by Crippen LogP contribution is -2.00. The molecule has 0 aliphatic rings. The van der Waals surface area contributed by atoms with Gasteiger partial charge in [0, 0.05) is 10.8 Å². The van der Waals surface area contributed by atoms with E-state index in [0.717, 1.165) is 32.8 Å². The third-order valence-electron chi connectivity index (χ3n) is 6.47. The van der Waals surface area contributed by atoms with Crippen LogP contribution in [0.5, 0.6) is 0 Å². The second-order valence-electron chi connectivity index (χ2n) is 8.66. The van der Waals surface area contributed by atoms with E-state index in [9.17, 15) is 21.0 Å². The molecule has 0 fully saturated rings. The Labute approximate surface area is 225 Å². The van der Waals surface area contributed by atoms with Crippen LogP contribution in [0.25, 0.3) is 44.2 Å². The van der Waals surface area contributed by atoms with Crippen LogP contribution in [0.1, 0.15) is 29.2 Å². The van der Waals surface area contributed by atoms with Crippen molar-refractivity contribution in [3.63, 3.8) is 0 Å². The summed E-state index contributed by atoms with van der Waals surface area (Å²) in [5.74, 6) is 0. The van der Waals surface area contributed by atoms with Gasteiger partial charge in [0.2, 0.25) is 0 Å². The molecule has 182 valence electrons. The number of allylic oxidation sites excluding steroid dienone is 1. The van der Waals surface area contributed by atoms with Crippen LogP contribution in [0.15, 0.2) is 97.6 Å². The maximum Gasteiger partial charge on any atom is 0.101 e. The van der Waals surface area contributed by atoms with Gasteiger partial charge < -0.3 is 9.13 Å². The lowest BCUT2D eigenvalue weighted by molar-refractivity contribution is 1.15. The molecular formula is C33H20N6. The lowest BCUT2D eigenvalue weighted by atomic mass is 10.1. The lowest BCUT2D eigenvalue weighted by Gasteiger charge is -2.12. The molecule has 0 spiro atoms. The Morgan fingerprint density at radius 2 is 0.846 bits per heavy atom. The number of nitriles is 4. The first-order chi connectivity index (χ1) is 19.1. The van der Waals surface area contributed by atoms with Gasteiger partial charge in [-0.05, 0) is 43.3 Å². The molecule has 0 radical (unpaired) electrons. The standard InChI is InChI=1S/C30H14N6.C3H6/c31-15-19-7-5-8-20(16-32)27(19)35-25-13-3-1-11-23(25)29-30(35)24-12-2-4-14-26(24)36(29)28-21(17-33)9-6-10-22(28)18-34;1-3-2/h1-14H;3H,1H2,2H3. The fraction of sp³-hybridized carbons (Fsp3) is 0.0303. The van der Waals surface area contributed by atoms with Crippen molar-refractivity contribution in [1.82, 2.24) is 9.13 Å². The van der Waals surface area contributed by atoms with Gasteiger partial charge in [0.25, 0.3) is 0 Å². The topological polar surface area (TPSA) is 105 Å². The van der Waals surface area contributed by atoms with Crippen molar-refractivity contribution in [1.29, 1.82) is 21.0 Å². The Balaban J connectivity index is 0.000000983. The van der Waals surface area contributed by atoms with Gasteiger partial charge in [-0.2, -0.15) is 21.0 Å². The van der Waals surface area contributed by atoms with Crippen molar-refractivity contribution >= 4 is 32.8 Å². The molecule has 0 saturated heterocycles. The van der Waals surface area contributed by atoms with Gasteiger partial charge in [-0.25, -0.2) is 0 Å². The predicted octanol–water partition coefficient (Wildman–Crippen LogP) is 7.41. The van der Waals surface area contributed by atoms with Crippen molar-refractivity contribution in [3.05, 3.63) is 120 Å². The number of hydrogen-bond acceptors (Lipinski definition) is 4. The minimum Gasteiger partial charge on any atom is -0.304 e. The van der Waals surface area contributed by atoms with E-state index < -0.39 is 0 Å². The molecule has 2 aromatic heterocycles. The number of nitrogens with zero attached hydrogens (tertiary/aromatic N) is 6. The van der Waals surface area contributed by atoms with Crippen LogP contribution in [0.2, 0.25) is 0 Å². The molecule has 2 heterocycles. The molecule has 6 heteroatoms. The molecule has 6 rings (SSSR count). The summed E-state index contributed by atoms with van der Waals surface area (Å²) in [6.07, 6.45) is 1.75. The van der Waals surface area contributed by atoms with Crippen LogP contribution < -0.4 is 0 Å². The van der Waals surface area contributed by atoms with Gasteiger partial charge in [-0.1, -0.05) is 54.6 Å². The zero-order valence-electron chi connectivity index (χ0n) is 21.1. The highest BCUT2D eigenvalue weighted by atomic mass is 15.1. The Hall–Kier alpha value is -6.08. The molecule has 39 heavy (non-hydrogen) atoms. The largest absolute Gasteiger partial charge is 0.304 e. The van der Waals surface area contributed by atoms with Crippen LogP contribution in [0.3, 0.4) is 0 Å². The second-order valence-corrected chi connectivity index (χ2v) is 8.66. The van der Waals surface area contributed by atoms with Gasteiger partial charge in [0.1, 0.15) is 24.3 Å². The zero-order chi connectivity index (χ0) is 27.5. The highest BCUT2D eigenvalue weighted by molar-refractivity contribution is 6.20. The summed E-state index contributed by atoms with van der Waals surface area (Å²) in [6.45, 7) is 5.25. The Bertz CT molecular complexity index is 1880. The van der Waals surface area contributed by atoms with Crippen LogP contribution in [-0.4, -0.2) is 9.13 Å². The molecule has 0 saturated carbocycles. The number of benzene rings is 4. The van der Waals surface area contributed by atoms with Crippen molar-refractivity contribution < 1.29 is 0 Å². The summed E-state index contributed by atoms with van der Waals surface area (Å²) in [5, 5.41) is 41.6. The summed E-state index contributed by atoms with van der Waals surface area (Å²) >= 11 is 0. The zero-order valence-corrected chi connectivity index (χ0v) is 21.1. The molecule has 0 aliphatic heterocycles. The van der Waals surface area contributed by atoms with Gasteiger partial charge in [0.05, 0.1) is 55.7 Å². The molecule has 6 aromatic rings. The summed E-state index contributed by atoms with van der Waals surface area (Å²) < 4.78 is 3.92. The maximum absolute atomic E-state index is 9.96. The van der Waals surface area contributed by atoms with E-state index >= 15 is 0 Å². The normalized spacial score (nSPS) is 10.2. The highest BCUT2D eigenvalue weighted by Crippen LogP contribution is 2.42. The molecule has 0 aliphatic carbocycles. The van der Waals surface area contributed by atoms with Crippen LogP contribution in [0.4, 0.5) is 0 Å². The summed E-state index contributed by atoms with van der Waals surface area (Å²) in [6, 6.07) is 34.7. The van der Waals surface area contributed by atoms with Crippen molar-refractivity contribution in [2.75, 3.05) is 0 Å². The molecule has 6 nitrogen and oxygen atoms in total. The molecule has 4 aromatic carbocycles. The van der Waals surface area contributed by atoms with Crippen molar-refractivity contribution in [3.8, 4) is 35.7 Å². The fourth-order valence-corrected chi connectivity index (χ4v) is 5.08. The first kappa shape index (κ1) is 24.6. The molecule has 0 N–H and O–H groups in total. The minimum atomic E-state index is 0.378. The van der Waals surface area contributed by atoms with Crippen molar-refractivity contribution in [2.45, 2.75) is 6.92 Å². The first-order valence-electron chi connectivity index (χ1n) is 12.1. The third kappa shape index (κ3) is 3.70. The van der Waals surface area contributed by atoms with E-state index in [-0.39, 0.29) is 0 Å². The molecule has 0 amide bonds. The van der Waals surface area contributed by atoms with Gasteiger partial charge in [-0.3, -0.25) is 0 Å². The van der Waals surface area contributed by atoms with Gasteiger partial charge >= 0.3 is 0 Å². The quantitative estimate of drug-likeness (QED) is 0.231. The number of hydrogen-bond donors (Lipinski definition) is 0. The van der Waals surface area contributed by atoms with Gasteiger partial charge in [-0.15, -0.1) is 6.58 Å². The maximum atomic E-state index is 9.96. The van der Waals surface area contributed by atoms with E-state index in [4.69, 9.17) is 0 Å². The number of aromatic nitrogens is 2. The van der Waals surface area contributed by atoms with Crippen LogP contribution in [0, 0.1) is 45.3 Å². The van der Waals surface area contributed by atoms with E-state index in [0.29, 0.717) is 33.6 Å². The number of para-hydroxylation sites is 4. The second kappa shape index (κ2) is 10.1. The predicted molar refractivity (Wildman–Crippen MR) is 152 cm³/mol. The molecular weight excluding hydrogens is 480 g/mol. The highest BCUT2D eigenvalue weighted by Gasteiger charge is 2.26. The van der Waals surface area contributed by atoms with Crippen LogP contribution >= 0.6 is 0 Å². The van der Waals surface area contributed by atoms with E-state index in [1.54, 1.807) is 42.5 Å². The summed E-state index contributed by atoms with van der Waals surface area (Å²) in [4.78, 5) is 0. The van der Waals surface area contributed by atoms with E-state index in [2.05, 4.69) is 30.9 Å². The number of rotatable bonds is 2. The van der Waals surface area contributed by atoms with E-state index in [1.807, 2.05) is 64.6 Å². The Kier molecular flexibility index (Phi) is 6.38. The fourth-order valence-electron chi connectivity index (χ4n) is 5.08. The van der Waals surface area contributed by atoms with Crippen LogP contribution in [-0.2, 0) is 0 Å². The Morgan fingerprint density at radius 1 is 0.538 bits per heavy atom. The monoisotopic (exact) mass is 500 g/mol. The molecule has 0 bridgehead atoms. The SMILES string of the molecule is C=CC.N#Cc1cccc(C#N)c1-n1c2ccccc2c2c1c1ccccc1n2-c1c(C#N)cccc1C#N. The molecule has 0 unspecified atom stereocenters. The number of fused-ring (bicyclic) bond motifs is 5. The molecule has 0 atom stereocenters. The minimum absolute atomic E-state index is 0.378. The summed E-state index contributed by atoms with van der Waals surface area (Å²) in [5.41, 5.74) is 5.74. The first-order valence-corrected chi connectivity index (χ1v) is 12.1. The van der Waals surface area contributed by atoms with E-state index in [1.165, 1.54) is 0 Å². The smallest absolute Gasteiger partial charge is 0.101 e. The summed E-state index contributed by atoms with van der Waals surface area (Å²) in [7, 11) is 0. The van der Waals surface area contributed by atoms with Gasteiger partial charge in [0.15, 0.2) is 0 Å².